The highest BCUT2D eigenvalue weighted by atomic mass is 32.2. The zero-order chi connectivity index (χ0) is 14.4. The summed E-state index contributed by atoms with van der Waals surface area (Å²) in [5.74, 6) is 0.993. The number of amides is 1. The van der Waals surface area contributed by atoms with Gasteiger partial charge in [-0.2, -0.15) is 0 Å². The van der Waals surface area contributed by atoms with E-state index in [0.717, 1.165) is 13.0 Å². The zero-order valence-corrected chi connectivity index (χ0v) is 12.3. The van der Waals surface area contributed by atoms with Crippen molar-refractivity contribution in [2.75, 3.05) is 19.6 Å². The Morgan fingerprint density at radius 2 is 2.15 bits per heavy atom. The predicted molar refractivity (Wildman–Crippen MR) is 79.3 cm³/mol. The molecule has 0 unspecified atom stereocenters. The minimum Gasteiger partial charge on any atom is -0.454 e. The Hall–Kier alpha value is -1.89. The molecule has 1 aromatic rings. The largest absolute Gasteiger partial charge is 0.454 e. The number of nitrogens with zero attached hydrogens (tertiary/aromatic N) is 1. The summed E-state index contributed by atoms with van der Waals surface area (Å²) >= 11 is 1.45. The van der Waals surface area contributed by atoms with E-state index in [4.69, 9.17) is 9.47 Å². The number of amidine groups is 1. The minimum absolute atomic E-state index is 0.193. The lowest BCUT2D eigenvalue weighted by Gasteiger charge is -2.09. The van der Waals surface area contributed by atoms with E-state index in [9.17, 15) is 4.79 Å². The summed E-state index contributed by atoms with van der Waals surface area (Å²) in [6, 6.07) is 5.06. The Labute approximate surface area is 121 Å². The maximum Gasteiger partial charge on any atom is 0.269 e. The SMILES string of the molecule is CCCN=C(NNC(=O)c1ccc2c(c1)OCO2)SC. The third kappa shape index (κ3) is 3.57. The molecule has 2 N–H and O–H groups in total. The van der Waals surface area contributed by atoms with Crippen LogP contribution in [0.5, 0.6) is 11.5 Å². The Balaban J connectivity index is 1.95. The second kappa shape index (κ2) is 7.04. The third-order valence-corrected chi connectivity index (χ3v) is 3.21. The van der Waals surface area contributed by atoms with Gasteiger partial charge in [0.1, 0.15) is 0 Å². The molecular formula is C13H17N3O3S. The van der Waals surface area contributed by atoms with Gasteiger partial charge >= 0.3 is 0 Å². The van der Waals surface area contributed by atoms with Crippen LogP contribution < -0.4 is 20.3 Å². The molecule has 0 spiro atoms. The highest BCUT2D eigenvalue weighted by Gasteiger charge is 2.16. The Morgan fingerprint density at radius 3 is 2.90 bits per heavy atom. The number of carbonyl (C=O) groups excluding carboxylic acids is 1. The summed E-state index contributed by atoms with van der Waals surface area (Å²) in [7, 11) is 0. The second-order valence-electron chi connectivity index (χ2n) is 4.04. The summed E-state index contributed by atoms with van der Waals surface area (Å²) in [4.78, 5) is 16.3. The van der Waals surface area contributed by atoms with Crippen LogP contribution in [0.15, 0.2) is 23.2 Å². The van der Waals surface area contributed by atoms with Crippen LogP contribution in [0.4, 0.5) is 0 Å². The molecule has 7 heteroatoms. The minimum atomic E-state index is -0.249. The van der Waals surface area contributed by atoms with E-state index < -0.39 is 0 Å². The first-order valence-electron chi connectivity index (χ1n) is 6.29. The Bertz CT molecular complexity index is 520. The Kier molecular flexibility index (Phi) is 5.11. The molecule has 1 aliphatic heterocycles. The van der Waals surface area contributed by atoms with E-state index >= 15 is 0 Å². The number of benzene rings is 1. The number of hydrazine groups is 1. The van der Waals surface area contributed by atoms with Gasteiger partial charge in [-0.15, -0.1) is 0 Å². The van der Waals surface area contributed by atoms with Crippen LogP contribution in [-0.4, -0.2) is 30.7 Å². The molecule has 0 saturated carbocycles. The molecule has 0 saturated heterocycles. The van der Waals surface area contributed by atoms with Crippen molar-refractivity contribution in [1.82, 2.24) is 10.9 Å². The number of aliphatic imine (C=N–C) groups is 1. The molecule has 0 radical (unpaired) electrons. The van der Waals surface area contributed by atoms with E-state index in [2.05, 4.69) is 15.8 Å². The van der Waals surface area contributed by atoms with Gasteiger partial charge in [0.2, 0.25) is 6.79 Å². The lowest BCUT2D eigenvalue weighted by atomic mass is 10.2. The molecular weight excluding hydrogens is 278 g/mol. The first-order chi connectivity index (χ1) is 9.74. The molecule has 1 heterocycles. The number of hydrogen-bond acceptors (Lipinski definition) is 5. The molecule has 6 nitrogen and oxygen atoms in total. The van der Waals surface area contributed by atoms with E-state index in [1.54, 1.807) is 18.2 Å². The van der Waals surface area contributed by atoms with Gasteiger partial charge in [0.05, 0.1) is 0 Å². The molecule has 0 aromatic heterocycles. The first-order valence-corrected chi connectivity index (χ1v) is 7.51. The maximum absolute atomic E-state index is 12.0. The van der Waals surface area contributed by atoms with Crippen molar-refractivity contribution < 1.29 is 14.3 Å². The number of ether oxygens (including phenoxy) is 2. The number of rotatable bonds is 3. The van der Waals surface area contributed by atoms with Crippen LogP contribution in [-0.2, 0) is 0 Å². The molecule has 0 atom stereocenters. The quantitative estimate of drug-likeness (QED) is 0.505. The topological polar surface area (TPSA) is 72.0 Å². The standard InChI is InChI=1S/C13H17N3O3S/c1-3-6-14-13(20-2)16-15-12(17)9-4-5-10-11(7-9)19-8-18-10/h4-5,7H,3,6,8H2,1-2H3,(H,14,16)(H,15,17). The summed E-state index contributed by atoms with van der Waals surface area (Å²) in [5.41, 5.74) is 5.92. The Morgan fingerprint density at radius 1 is 1.35 bits per heavy atom. The molecule has 20 heavy (non-hydrogen) atoms. The summed E-state index contributed by atoms with van der Waals surface area (Å²) in [6.07, 6.45) is 2.86. The molecule has 1 amide bonds. The number of hydrogen-bond donors (Lipinski definition) is 2. The van der Waals surface area contributed by atoms with Crippen LogP contribution in [0.25, 0.3) is 0 Å². The van der Waals surface area contributed by atoms with Crippen LogP contribution >= 0.6 is 11.8 Å². The van der Waals surface area contributed by atoms with Crippen molar-refractivity contribution in [2.24, 2.45) is 4.99 Å². The van der Waals surface area contributed by atoms with Crippen molar-refractivity contribution in [3.63, 3.8) is 0 Å². The highest BCUT2D eigenvalue weighted by Crippen LogP contribution is 2.32. The molecule has 0 fully saturated rings. The molecule has 108 valence electrons. The van der Waals surface area contributed by atoms with Crippen LogP contribution in [0.1, 0.15) is 23.7 Å². The maximum atomic E-state index is 12.0. The normalized spacial score (nSPS) is 13.2. The lowest BCUT2D eigenvalue weighted by Crippen LogP contribution is -2.40. The number of carbonyl (C=O) groups is 1. The fourth-order valence-corrected chi connectivity index (χ4v) is 1.96. The second-order valence-corrected chi connectivity index (χ2v) is 4.83. The van der Waals surface area contributed by atoms with E-state index in [1.807, 2.05) is 13.2 Å². The van der Waals surface area contributed by atoms with Gasteiger partial charge in [0, 0.05) is 12.1 Å². The number of thioether (sulfide) groups is 1. The van der Waals surface area contributed by atoms with Gasteiger partial charge < -0.3 is 9.47 Å². The number of nitrogens with one attached hydrogen (secondary N) is 2. The van der Waals surface area contributed by atoms with Crippen LogP contribution in [0, 0.1) is 0 Å². The zero-order valence-electron chi connectivity index (χ0n) is 11.4. The average Bonchev–Trinajstić information content (AvgIpc) is 2.94. The summed E-state index contributed by atoms with van der Waals surface area (Å²) in [5, 5.41) is 0.681. The van der Waals surface area contributed by atoms with Crippen LogP contribution in [0.3, 0.4) is 0 Å². The van der Waals surface area contributed by atoms with E-state index in [-0.39, 0.29) is 12.7 Å². The monoisotopic (exact) mass is 295 g/mol. The van der Waals surface area contributed by atoms with Gasteiger partial charge in [-0.25, -0.2) is 0 Å². The van der Waals surface area contributed by atoms with Gasteiger partial charge in [0.15, 0.2) is 16.7 Å². The van der Waals surface area contributed by atoms with Gasteiger partial charge in [-0.05, 0) is 30.9 Å². The fourth-order valence-electron chi connectivity index (χ4n) is 1.59. The van der Waals surface area contributed by atoms with E-state index in [1.165, 1.54) is 11.8 Å². The third-order valence-electron chi connectivity index (χ3n) is 2.59. The van der Waals surface area contributed by atoms with E-state index in [0.29, 0.717) is 22.2 Å². The average molecular weight is 295 g/mol. The molecule has 2 rings (SSSR count). The molecule has 0 bridgehead atoms. The smallest absolute Gasteiger partial charge is 0.269 e. The van der Waals surface area contributed by atoms with Crippen molar-refractivity contribution >= 4 is 22.8 Å². The van der Waals surface area contributed by atoms with Crippen molar-refractivity contribution in [3.8, 4) is 11.5 Å². The molecule has 1 aromatic carbocycles. The molecule has 1 aliphatic rings. The summed E-state index contributed by atoms with van der Waals surface area (Å²) < 4.78 is 10.4. The fraction of sp³-hybridized carbons (Fsp3) is 0.385. The molecule has 0 aliphatic carbocycles. The van der Waals surface area contributed by atoms with Crippen molar-refractivity contribution in [3.05, 3.63) is 23.8 Å². The number of fused-ring (bicyclic) bond motifs is 1. The summed E-state index contributed by atoms with van der Waals surface area (Å²) in [6.45, 7) is 2.97. The predicted octanol–water partition coefficient (Wildman–Crippen LogP) is 1.78. The van der Waals surface area contributed by atoms with Gasteiger partial charge in [-0.1, -0.05) is 18.7 Å². The highest BCUT2D eigenvalue weighted by molar-refractivity contribution is 8.13. The van der Waals surface area contributed by atoms with Gasteiger partial charge in [-0.3, -0.25) is 20.6 Å². The van der Waals surface area contributed by atoms with Gasteiger partial charge in [0.25, 0.3) is 5.91 Å². The lowest BCUT2D eigenvalue weighted by molar-refractivity contribution is 0.0944. The van der Waals surface area contributed by atoms with Crippen molar-refractivity contribution in [1.29, 1.82) is 0 Å². The first kappa shape index (κ1) is 14.5. The van der Waals surface area contributed by atoms with Crippen molar-refractivity contribution in [2.45, 2.75) is 13.3 Å². The van der Waals surface area contributed by atoms with Crippen LogP contribution in [0.2, 0.25) is 0 Å².